The molecule has 0 aromatic carbocycles. The zero-order valence-corrected chi connectivity index (χ0v) is 9.56. The van der Waals surface area contributed by atoms with Gasteiger partial charge in [-0.1, -0.05) is 6.92 Å². The second-order valence-corrected chi connectivity index (χ2v) is 3.23. The minimum Gasteiger partial charge on any atom is -0.479 e. The van der Waals surface area contributed by atoms with Gasteiger partial charge in [0.1, 0.15) is 5.82 Å². The van der Waals surface area contributed by atoms with Gasteiger partial charge in [-0.2, -0.15) is 0 Å². The van der Waals surface area contributed by atoms with Crippen LogP contribution in [0.25, 0.3) is 0 Å². The lowest BCUT2D eigenvalue weighted by Crippen LogP contribution is -2.38. The summed E-state index contributed by atoms with van der Waals surface area (Å²) in [5.74, 6) is -1.10. The van der Waals surface area contributed by atoms with Crippen LogP contribution in [0.3, 0.4) is 0 Å². The number of aromatic nitrogens is 3. The maximum Gasteiger partial charge on any atom is 0.334 e. The van der Waals surface area contributed by atoms with Crippen LogP contribution in [0, 0.1) is 0 Å². The fraction of sp³-hybridized carbons (Fsp3) is 0.556. The number of carboxylic acids is 1. The first kappa shape index (κ1) is 13.1. The van der Waals surface area contributed by atoms with E-state index < -0.39 is 18.0 Å². The number of hydrogen-bond acceptors (Lipinski definition) is 5. The van der Waals surface area contributed by atoms with Crippen LogP contribution in [-0.4, -0.2) is 51.9 Å². The van der Waals surface area contributed by atoms with E-state index in [9.17, 15) is 9.59 Å². The number of aromatic amines is 1. The molecule has 17 heavy (non-hydrogen) atoms. The van der Waals surface area contributed by atoms with E-state index in [1.54, 1.807) is 0 Å². The molecule has 1 atom stereocenters. The molecule has 0 radical (unpaired) electrons. The lowest BCUT2D eigenvalue weighted by atomic mass is 10.3. The molecule has 0 aliphatic rings. The van der Waals surface area contributed by atoms with Crippen molar-refractivity contribution in [3.05, 3.63) is 11.6 Å². The highest BCUT2D eigenvalue weighted by atomic mass is 16.5. The highest BCUT2D eigenvalue weighted by Gasteiger charge is 2.19. The van der Waals surface area contributed by atoms with Gasteiger partial charge in [0, 0.05) is 13.5 Å². The van der Waals surface area contributed by atoms with Gasteiger partial charge in [0.05, 0.1) is 6.54 Å². The second-order valence-electron chi connectivity index (χ2n) is 3.23. The van der Waals surface area contributed by atoms with Gasteiger partial charge in [-0.05, 0) is 0 Å². The Hall–Kier alpha value is -1.96. The first-order chi connectivity index (χ1) is 8.08. The summed E-state index contributed by atoms with van der Waals surface area (Å²) in [5.41, 5.74) is 0. The van der Waals surface area contributed by atoms with Crippen molar-refractivity contribution in [1.82, 2.24) is 20.5 Å². The molecule has 0 aliphatic carbocycles. The largest absolute Gasteiger partial charge is 0.479 e. The van der Waals surface area contributed by atoms with Gasteiger partial charge in [0.15, 0.2) is 6.10 Å². The fourth-order valence-corrected chi connectivity index (χ4v) is 1.09. The summed E-state index contributed by atoms with van der Waals surface area (Å²) in [6.07, 6.45) is -0.445. The molecule has 94 valence electrons. The Labute approximate surface area is 97.4 Å². The number of methoxy groups -OCH3 is 1. The number of hydrogen-bond donors (Lipinski definition) is 3. The molecule has 1 aromatic heterocycles. The average molecular weight is 242 g/mol. The third kappa shape index (κ3) is 3.52. The van der Waals surface area contributed by atoms with Gasteiger partial charge in [-0.25, -0.2) is 9.78 Å². The first-order valence-corrected chi connectivity index (χ1v) is 5.03. The number of nitrogens with one attached hydrogen (secondary N) is 2. The predicted molar refractivity (Wildman–Crippen MR) is 56.5 cm³/mol. The zero-order chi connectivity index (χ0) is 12.8. The van der Waals surface area contributed by atoms with Crippen molar-refractivity contribution >= 4 is 11.9 Å². The Balaban J connectivity index is 2.52. The molecule has 1 amide bonds. The maximum atomic E-state index is 11.5. The number of carboxylic acid groups (broad SMARTS) is 1. The number of H-pyrrole nitrogens is 1. The summed E-state index contributed by atoms with van der Waals surface area (Å²) in [7, 11) is 1.26. The van der Waals surface area contributed by atoms with Crippen molar-refractivity contribution < 1.29 is 19.4 Å². The van der Waals surface area contributed by atoms with Crippen LogP contribution in [-0.2, 0) is 16.0 Å². The van der Waals surface area contributed by atoms with Crippen LogP contribution >= 0.6 is 0 Å². The molecule has 0 saturated carbocycles. The molecule has 0 spiro atoms. The van der Waals surface area contributed by atoms with Gasteiger partial charge < -0.3 is 15.2 Å². The summed E-state index contributed by atoms with van der Waals surface area (Å²) in [6.45, 7) is 1.73. The summed E-state index contributed by atoms with van der Waals surface area (Å²) < 4.78 is 4.66. The summed E-state index contributed by atoms with van der Waals surface area (Å²) >= 11 is 0. The molecule has 0 aliphatic heterocycles. The summed E-state index contributed by atoms with van der Waals surface area (Å²) in [4.78, 5) is 26.0. The lowest BCUT2D eigenvalue weighted by molar-refractivity contribution is -0.148. The predicted octanol–water partition coefficient (Wildman–Crippen LogP) is -0.803. The SMILES string of the molecule is CCc1nc(C(=O)NCC(OC)C(=O)O)n[nH]1. The maximum absolute atomic E-state index is 11.5. The van der Waals surface area contributed by atoms with Crippen LogP contribution in [0.5, 0.6) is 0 Å². The van der Waals surface area contributed by atoms with Crippen LogP contribution in [0.1, 0.15) is 23.4 Å². The van der Waals surface area contributed by atoms with Crippen molar-refractivity contribution in [2.24, 2.45) is 0 Å². The molecule has 1 rings (SSSR count). The highest BCUT2D eigenvalue weighted by Crippen LogP contribution is 1.94. The van der Waals surface area contributed by atoms with Crippen molar-refractivity contribution in [2.75, 3.05) is 13.7 Å². The molecule has 3 N–H and O–H groups in total. The zero-order valence-electron chi connectivity index (χ0n) is 9.56. The van der Waals surface area contributed by atoms with E-state index in [0.717, 1.165) is 0 Å². The van der Waals surface area contributed by atoms with Gasteiger partial charge in [-0.3, -0.25) is 9.89 Å². The van der Waals surface area contributed by atoms with Crippen molar-refractivity contribution in [2.45, 2.75) is 19.4 Å². The van der Waals surface area contributed by atoms with Gasteiger partial charge in [-0.15, -0.1) is 5.10 Å². The minimum atomic E-state index is -1.14. The quantitative estimate of drug-likeness (QED) is 0.601. The van der Waals surface area contributed by atoms with Crippen molar-refractivity contribution in [3.8, 4) is 0 Å². The molecule has 8 nitrogen and oxygen atoms in total. The smallest absolute Gasteiger partial charge is 0.334 e. The van der Waals surface area contributed by atoms with Crippen molar-refractivity contribution in [3.63, 3.8) is 0 Å². The molecule has 1 unspecified atom stereocenters. The Morgan fingerprint density at radius 2 is 2.29 bits per heavy atom. The molecule has 8 heteroatoms. The third-order valence-corrected chi connectivity index (χ3v) is 2.08. The lowest BCUT2D eigenvalue weighted by Gasteiger charge is -2.10. The molecule has 0 saturated heterocycles. The third-order valence-electron chi connectivity index (χ3n) is 2.08. The van der Waals surface area contributed by atoms with Crippen LogP contribution in [0.2, 0.25) is 0 Å². The number of amides is 1. The van der Waals surface area contributed by atoms with E-state index >= 15 is 0 Å². The number of nitrogens with zero attached hydrogens (tertiary/aromatic N) is 2. The number of aryl methyl sites for hydroxylation is 1. The van der Waals surface area contributed by atoms with Crippen LogP contribution in [0.4, 0.5) is 0 Å². The number of rotatable bonds is 6. The average Bonchev–Trinajstić information content (AvgIpc) is 2.77. The molecule has 0 bridgehead atoms. The van der Waals surface area contributed by atoms with E-state index in [2.05, 4.69) is 25.2 Å². The van der Waals surface area contributed by atoms with E-state index in [1.165, 1.54) is 7.11 Å². The Kier molecular flexibility index (Phi) is 4.58. The Morgan fingerprint density at radius 3 is 2.76 bits per heavy atom. The van der Waals surface area contributed by atoms with Crippen molar-refractivity contribution in [1.29, 1.82) is 0 Å². The molecule has 0 fully saturated rings. The number of carbonyl (C=O) groups excluding carboxylic acids is 1. The van der Waals surface area contributed by atoms with Crippen LogP contribution in [0.15, 0.2) is 0 Å². The molecular formula is C9H14N4O4. The molecular weight excluding hydrogens is 228 g/mol. The van der Waals surface area contributed by atoms with E-state index in [4.69, 9.17) is 5.11 Å². The normalized spacial score (nSPS) is 12.1. The summed E-state index contributed by atoms with van der Waals surface area (Å²) in [6, 6.07) is 0. The second kappa shape index (κ2) is 5.94. The summed E-state index contributed by atoms with van der Waals surface area (Å²) in [5, 5.41) is 17.4. The number of ether oxygens (including phenoxy) is 1. The van der Waals surface area contributed by atoms with Gasteiger partial charge in [0.25, 0.3) is 5.91 Å². The highest BCUT2D eigenvalue weighted by molar-refractivity contribution is 5.90. The molecule has 1 heterocycles. The van der Waals surface area contributed by atoms with E-state index in [1.807, 2.05) is 6.92 Å². The van der Waals surface area contributed by atoms with E-state index in [-0.39, 0.29) is 12.4 Å². The number of aliphatic carboxylic acids is 1. The van der Waals surface area contributed by atoms with Gasteiger partial charge >= 0.3 is 5.97 Å². The van der Waals surface area contributed by atoms with Crippen LogP contribution < -0.4 is 5.32 Å². The standard InChI is InChI=1S/C9H14N4O4/c1-3-6-11-7(13-12-6)8(14)10-4-5(17-2)9(15)16/h5H,3-4H2,1-2H3,(H,10,14)(H,15,16)(H,11,12,13). The Morgan fingerprint density at radius 1 is 1.59 bits per heavy atom. The Bertz CT molecular complexity index is 403. The molecule has 1 aromatic rings. The fourth-order valence-electron chi connectivity index (χ4n) is 1.09. The van der Waals surface area contributed by atoms with Gasteiger partial charge in [0.2, 0.25) is 5.82 Å². The number of carbonyl (C=O) groups is 2. The van der Waals surface area contributed by atoms with E-state index in [0.29, 0.717) is 12.2 Å². The monoisotopic (exact) mass is 242 g/mol. The topological polar surface area (TPSA) is 117 Å². The first-order valence-electron chi connectivity index (χ1n) is 5.03. The minimum absolute atomic E-state index is 0.0120.